The van der Waals surface area contributed by atoms with E-state index in [0.29, 0.717) is 0 Å². The number of unbranched alkanes of at least 4 members (excludes halogenated alkanes) is 6. The second-order valence-electron chi connectivity index (χ2n) is 3.61. The van der Waals surface area contributed by atoms with Gasteiger partial charge in [0.2, 0.25) is 0 Å². The van der Waals surface area contributed by atoms with Crippen LogP contribution in [-0.2, 0) is 0 Å². The molecule has 0 amide bonds. The monoisotopic (exact) mass is 192 g/mol. The van der Waals surface area contributed by atoms with Crippen LogP contribution >= 0.6 is 0 Å². The van der Waals surface area contributed by atoms with Gasteiger partial charge in [-0.2, -0.15) is 0 Å². The Morgan fingerprint density at radius 1 is 0.857 bits per heavy atom. The van der Waals surface area contributed by atoms with Crippen LogP contribution in [0.2, 0.25) is 0 Å². The Morgan fingerprint density at radius 3 is 2.29 bits per heavy atom. The van der Waals surface area contributed by atoms with E-state index in [1.807, 2.05) is 12.2 Å². The van der Waals surface area contributed by atoms with Gasteiger partial charge in [0.1, 0.15) is 0 Å². The second-order valence-corrected chi connectivity index (χ2v) is 3.61. The van der Waals surface area contributed by atoms with Crippen molar-refractivity contribution in [2.75, 3.05) is 0 Å². The average molecular weight is 192 g/mol. The molecular formula is C14H24. The van der Waals surface area contributed by atoms with Crippen molar-refractivity contribution in [2.45, 2.75) is 51.9 Å². The van der Waals surface area contributed by atoms with E-state index in [1.165, 1.54) is 44.9 Å². The maximum atomic E-state index is 3.62. The van der Waals surface area contributed by atoms with Crippen molar-refractivity contribution in [3.05, 3.63) is 37.0 Å². The van der Waals surface area contributed by atoms with Crippen molar-refractivity contribution in [3.63, 3.8) is 0 Å². The zero-order chi connectivity index (χ0) is 10.5. The molecule has 80 valence electrons. The topological polar surface area (TPSA) is 0 Å². The molecule has 0 heterocycles. The van der Waals surface area contributed by atoms with Crippen LogP contribution in [0.15, 0.2) is 37.0 Å². The predicted octanol–water partition coefficient (Wildman–Crippen LogP) is 5.04. The van der Waals surface area contributed by atoms with Crippen LogP contribution < -0.4 is 0 Å². The van der Waals surface area contributed by atoms with E-state index in [2.05, 4.69) is 25.7 Å². The SMILES string of the molecule is C=C/C=C/C=C\CCCCCCCC. The van der Waals surface area contributed by atoms with Crippen molar-refractivity contribution in [2.24, 2.45) is 0 Å². The van der Waals surface area contributed by atoms with Crippen molar-refractivity contribution in [1.82, 2.24) is 0 Å². The molecule has 0 heteroatoms. The van der Waals surface area contributed by atoms with Crippen LogP contribution in [0, 0.1) is 0 Å². The number of rotatable bonds is 9. The molecular weight excluding hydrogens is 168 g/mol. The third kappa shape index (κ3) is 11.2. The molecule has 0 aliphatic heterocycles. The summed E-state index contributed by atoms with van der Waals surface area (Å²) in [6, 6.07) is 0. The van der Waals surface area contributed by atoms with E-state index in [4.69, 9.17) is 0 Å². The Labute approximate surface area is 89.4 Å². The Morgan fingerprint density at radius 2 is 1.57 bits per heavy atom. The molecule has 0 saturated carbocycles. The molecule has 0 nitrogen and oxygen atoms in total. The van der Waals surface area contributed by atoms with Crippen molar-refractivity contribution >= 4 is 0 Å². The zero-order valence-corrected chi connectivity index (χ0v) is 9.54. The fourth-order valence-corrected chi connectivity index (χ4v) is 1.36. The standard InChI is InChI=1S/C14H24/c1-3-5-7-9-11-13-14-12-10-8-6-4-2/h3,5,7,9,11H,1,4,6,8,10,12-14H2,2H3/b7-5+,11-9-. The van der Waals surface area contributed by atoms with Gasteiger partial charge in [-0.25, -0.2) is 0 Å². The van der Waals surface area contributed by atoms with Crippen LogP contribution in [0.25, 0.3) is 0 Å². The first-order valence-corrected chi connectivity index (χ1v) is 5.86. The molecule has 0 aliphatic carbocycles. The molecule has 0 aliphatic rings. The summed E-state index contributed by atoms with van der Waals surface area (Å²) >= 11 is 0. The summed E-state index contributed by atoms with van der Waals surface area (Å²) in [5, 5.41) is 0. The quantitative estimate of drug-likeness (QED) is 0.355. The molecule has 0 bridgehead atoms. The summed E-state index contributed by atoms with van der Waals surface area (Å²) in [4.78, 5) is 0. The lowest BCUT2D eigenvalue weighted by Crippen LogP contribution is -1.77. The zero-order valence-electron chi connectivity index (χ0n) is 9.54. The Balaban J connectivity index is 3.08. The highest BCUT2D eigenvalue weighted by Gasteiger charge is 1.87. The minimum absolute atomic E-state index is 1.22. The van der Waals surface area contributed by atoms with Gasteiger partial charge in [-0.15, -0.1) is 0 Å². The van der Waals surface area contributed by atoms with E-state index in [-0.39, 0.29) is 0 Å². The van der Waals surface area contributed by atoms with Gasteiger partial charge in [0, 0.05) is 0 Å². The van der Waals surface area contributed by atoms with Crippen LogP contribution in [0.1, 0.15) is 51.9 Å². The van der Waals surface area contributed by atoms with Crippen LogP contribution in [-0.4, -0.2) is 0 Å². The minimum Gasteiger partial charge on any atom is -0.0991 e. The summed E-state index contributed by atoms with van der Waals surface area (Å²) in [5.74, 6) is 0. The fourth-order valence-electron chi connectivity index (χ4n) is 1.36. The van der Waals surface area contributed by atoms with Gasteiger partial charge in [0.15, 0.2) is 0 Å². The van der Waals surface area contributed by atoms with Gasteiger partial charge < -0.3 is 0 Å². The van der Waals surface area contributed by atoms with Crippen LogP contribution in [0.5, 0.6) is 0 Å². The molecule has 0 spiro atoms. The summed E-state index contributed by atoms with van der Waals surface area (Å²) in [6.45, 7) is 5.87. The van der Waals surface area contributed by atoms with Crippen molar-refractivity contribution in [1.29, 1.82) is 0 Å². The first kappa shape index (κ1) is 13.2. The molecule has 0 unspecified atom stereocenters. The lowest BCUT2D eigenvalue weighted by Gasteiger charge is -1.97. The second kappa shape index (κ2) is 12.2. The maximum Gasteiger partial charge on any atom is -0.0348 e. The molecule has 0 saturated heterocycles. The molecule has 14 heavy (non-hydrogen) atoms. The Hall–Kier alpha value is -0.780. The molecule has 0 aromatic rings. The minimum atomic E-state index is 1.22. The summed E-state index contributed by atoms with van der Waals surface area (Å²) in [5.41, 5.74) is 0. The highest BCUT2D eigenvalue weighted by molar-refractivity contribution is 5.08. The number of allylic oxidation sites excluding steroid dienone is 5. The first-order chi connectivity index (χ1) is 6.91. The number of hydrogen-bond acceptors (Lipinski definition) is 0. The molecule has 0 aromatic heterocycles. The highest BCUT2D eigenvalue weighted by atomic mass is 13.9. The van der Waals surface area contributed by atoms with Crippen LogP contribution in [0.3, 0.4) is 0 Å². The third-order valence-corrected chi connectivity index (χ3v) is 2.22. The van der Waals surface area contributed by atoms with E-state index < -0.39 is 0 Å². The van der Waals surface area contributed by atoms with E-state index in [0.717, 1.165) is 0 Å². The maximum absolute atomic E-state index is 3.62. The number of hydrogen-bond donors (Lipinski definition) is 0. The normalized spacial score (nSPS) is 11.5. The fraction of sp³-hybridized carbons (Fsp3) is 0.571. The Bertz CT molecular complexity index is 163. The summed E-state index contributed by atoms with van der Waals surface area (Å²) < 4.78 is 0. The smallest absolute Gasteiger partial charge is 0.0348 e. The van der Waals surface area contributed by atoms with Gasteiger partial charge in [-0.05, 0) is 12.8 Å². The molecule has 0 rings (SSSR count). The molecule has 0 atom stereocenters. The van der Waals surface area contributed by atoms with Gasteiger partial charge in [0.05, 0.1) is 0 Å². The largest absolute Gasteiger partial charge is 0.0991 e. The third-order valence-electron chi connectivity index (χ3n) is 2.22. The van der Waals surface area contributed by atoms with Crippen molar-refractivity contribution < 1.29 is 0 Å². The molecule has 0 aromatic carbocycles. The summed E-state index contributed by atoms with van der Waals surface area (Å²) in [6.07, 6.45) is 19.6. The lowest BCUT2D eigenvalue weighted by molar-refractivity contribution is 0.611. The summed E-state index contributed by atoms with van der Waals surface area (Å²) in [7, 11) is 0. The molecule has 0 N–H and O–H groups in total. The molecule has 0 radical (unpaired) electrons. The van der Waals surface area contributed by atoms with Crippen molar-refractivity contribution in [3.8, 4) is 0 Å². The molecule has 0 fully saturated rings. The van der Waals surface area contributed by atoms with E-state index in [1.54, 1.807) is 6.08 Å². The first-order valence-electron chi connectivity index (χ1n) is 5.86. The van der Waals surface area contributed by atoms with Gasteiger partial charge in [-0.3, -0.25) is 0 Å². The van der Waals surface area contributed by atoms with Gasteiger partial charge in [0.25, 0.3) is 0 Å². The van der Waals surface area contributed by atoms with Gasteiger partial charge >= 0.3 is 0 Å². The van der Waals surface area contributed by atoms with E-state index >= 15 is 0 Å². The van der Waals surface area contributed by atoms with E-state index in [9.17, 15) is 0 Å². The van der Waals surface area contributed by atoms with Gasteiger partial charge in [-0.1, -0.05) is 76.0 Å². The average Bonchev–Trinajstić information content (AvgIpc) is 2.21. The predicted molar refractivity (Wildman–Crippen MR) is 66.5 cm³/mol. The highest BCUT2D eigenvalue weighted by Crippen LogP contribution is 2.06. The Kier molecular flexibility index (Phi) is 11.5. The van der Waals surface area contributed by atoms with Crippen LogP contribution in [0.4, 0.5) is 0 Å². The lowest BCUT2D eigenvalue weighted by atomic mass is 10.1.